The van der Waals surface area contributed by atoms with Gasteiger partial charge in [-0.25, -0.2) is 4.98 Å². The lowest BCUT2D eigenvalue weighted by atomic mass is 10.1. The maximum Gasteiger partial charge on any atom is 0.243 e. The van der Waals surface area contributed by atoms with Crippen LogP contribution in [-0.2, 0) is 4.79 Å². The molecule has 1 atom stereocenters. The molecule has 0 saturated carbocycles. The molecule has 7 heteroatoms. The molecule has 0 radical (unpaired) electrons. The van der Waals surface area contributed by atoms with E-state index in [0.29, 0.717) is 11.6 Å². The molecule has 118 valence electrons. The molecular formula is C15H19N3O2S2. The highest BCUT2D eigenvalue weighted by Crippen LogP contribution is 2.31. The van der Waals surface area contributed by atoms with Gasteiger partial charge < -0.3 is 15.8 Å². The lowest BCUT2D eigenvalue weighted by Crippen LogP contribution is -2.36. The Balaban J connectivity index is 2.07. The first-order chi connectivity index (χ1) is 10.7. The molecule has 0 aliphatic rings. The summed E-state index contributed by atoms with van der Waals surface area (Å²) in [5.41, 5.74) is 7.52. The summed E-state index contributed by atoms with van der Waals surface area (Å²) < 4.78 is 5.33. The van der Waals surface area contributed by atoms with E-state index >= 15 is 0 Å². The zero-order chi connectivity index (χ0) is 15.9. The lowest BCUT2D eigenvalue weighted by Gasteiger charge is -2.09. The number of methoxy groups -OCH3 is 1. The number of benzene rings is 1. The zero-order valence-corrected chi connectivity index (χ0v) is 14.2. The second-order valence-corrected chi connectivity index (χ2v) is 6.46. The van der Waals surface area contributed by atoms with Crippen molar-refractivity contribution in [2.24, 2.45) is 5.73 Å². The number of thiazole rings is 1. The molecule has 0 aliphatic carbocycles. The second-order valence-electron chi connectivity index (χ2n) is 4.62. The molecule has 1 aromatic carbocycles. The first-order valence-electron chi connectivity index (χ1n) is 6.80. The Bertz CT molecular complexity index is 631. The van der Waals surface area contributed by atoms with Crippen LogP contribution in [0.4, 0.5) is 5.13 Å². The van der Waals surface area contributed by atoms with Gasteiger partial charge in [-0.05, 0) is 30.6 Å². The Hall–Kier alpha value is -1.57. The Morgan fingerprint density at radius 3 is 3.00 bits per heavy atom. The zero-order valence-electron chi connectivity index (χ0n) is 12.5. The van der Waals surface area contributed by atoms with Crippen LogP contribution in [0.15, 0.2) is 29.6 Å². The number of nitrogens with one attached hydrogen (secondary N) is 1. The minimum absolute atomic E-state index is 0.199. The molecule has 0 unspecified atom stereocenters. The van der Waals surface area contributed by atoms with Gasteiger partial charge in [0, 0.05) is 10.9 Å². The van der Waals surface area contributed by atoms with Crippen LogP contribution in [-0.4, -0.2) is 36.1 Å². The van der Waals surface area contributed by atoms with Crippen molar-refractivity contribution in [2.75, 3.05) is 24.4 Å². The summed E-state index contributed by atoms with van der Waals surface area (Å²) in [5.74, 6) is 1.41. The van der Waals surface area contributed by atoms with Crippen LogP contribution in [0, 0.1) is 0 Å². The van der Waals surface area contributed by atoms with E-state index in [4.69, 9.17) is 10.5 Å². The Morgan fingerprint density at radius 1 is 1.50 bits per heavy atom. The summed E-state index contributed by atoms with van der Waals surface area (Å²) >= 11 is 3.05. The van der Waals surface area contributed by atoms with E-state index in [2.05, 4.69) is 10.3 Å². The number of para-hydroxylation sites is 1. The van der Waals surface area contributed by atoms with Gasteiger partial charge in [-0.1, -0.05) is 12.1 Å². The van der Waals surface area contributed by atoms with Gasteiger partial charge in [0.05, 0.1) is 18.8 Å². The fraction of sp³-hybridized carbons (Fsp3) is 0.333. The number of carbonyl (C=O) groups is 1. The monoisotopic (exact) mass is 337 g/mol. The Morgan fingerprint density at radius 2 is 2.27 bits per heavy atom. The van der Waals surface area contributed by atoms with Gasteiger partial charge in [0.1, 0.15) is 5.75 Å². The van der Waals surface area contributed by atoms with Crippen LogP contribution in [0.2, 0.25) is 0 Å². The maximum absolute atomic E-state index is 12.0. The number of aromatic nitrogens is 1. The fourth-order valence-corrected chi connectivity index (χ4v) is 3.09. The SMILES string of the molecule is COc1ccccc1-c1csc(NC(=O)[C@@H](N)CCSC)n1. The number of nitrogens with two attached hydrogens (primary N) is 1. The smallest absolute Gasteiger partial charge is 0.243 e. The highest BCUT2D eigenvalue weighted by molar-refractivity contribution is 7.98. The van der Waals surface area contributed by atoms with E-state index in [1.807, 2.05) is 35.9 Å². The van der Waals surface area contributed by atoms with Gasteiger partial charge in [0.25, 0.3) is 0 Å². The third-order valence-corrected chi connectivity index (χ3v) is 4.49. The summed E-state index contributed by atoms with van der Waals surface area (Å²) in [4.78, 5) is 16.4. The highest BCUT2D eigenvalue weighted by Gasteiger charge is 2.15. The minimum atomic E-state index is -0.508. The van der Waals surface area contributed by atoms with Gasteiger partial charge in [-0.2, -0.15) is 11.8 Å². The molecule has 1 aromatic heterocycles. The summed E-state index contributed by atoms with van der Waals surface area (Å²) in [5, 5.41) is 5.21. The van der Waals surface area contributed by atoms with Crippen molar-refractivity contribution < 1.29 is 9.53 Å². The number of hydrogen-bond donors (Lipinski definition) is 2. The molecule has 0 fully saturated rings. The Kier molecular flexibility index (Phi) is 6.23. The molecular weight excluding hydrogens is 318 g/mol. The van der Waals surface area contributed by atoms with Crippen molar-refractivity contribution >= 4 is 34.1 Å². The molecule has 0 aliphatic heterocycles. The molecule has 22 heavy (non-hydrogen) atoms. The van der Waals surface area contributed by atoms with Gasteiger partial charge in [-0.15, -0.1) is 11.3 Å². The molecule has 5 nitrogen and oxygen atoms in total. The topological polar surface area (TPSA) is 77.2 Å². The van der Waals surface area contributed by atoms with Crippen LogP contribution in [0.25, 0.3) is 11.3 Å². The number of carbonyl (C=O) groups excluding carboxylic acids is 1. The molecule has 0 spiro atoms. The fourth-order valence-electron chi connectivity index (χ4n) is 1.89. The minimum Gasteiger partial charge on any atom is -0.496 e. The van der Waals surface area contributed by atoms with Gasteiger partial charge in [0.15, 0.2) is 5.13 Å². The standard InChI is InChI=1S/C15H19N3O2S2/c1-20-13-6-4-3-5-10(13)12-9-22-15(17-12)18-14(19)11(16)7-8-21-2/h3-6,9,11H,7-8,16H2,1-2H3,(H,17,18,19)/t11-/m0/s1. The van der Waals surface area contributed by atoms with Crippen molar-refractivity contribution in [2.45, 2.75) is 12.5 Å². The van der Waals surface area contributed by atoms with E-state index in [-0.39, 0.29) is 5.91 Å². The van der Waals surface area contributed by atoms with E-state index in [0.717, 1.165) is 22.8 Å². The first-order valence-corrected chi connectivity index (χ1v) is 9.07. The summed E-state index contributed by atoms with van der Waals surface area (Å²) in [6.45, 7) is 0. The maximum atomic E-state index is 12.0. The number of anilines is 1. The number of rotatable bonds is 7. The third kappa shape index (κ3) is 4.22. The highest BCUT2D eigenvalue weighted by atomic mass is 32.2. The van der Waals surface area contributed by atoms with E-state index in [9.17, 15) is 4.79 Å². The predicted molar refractivity (Wildman–Crippen MR) is 93.7 cm³/mol. The molecule has 1 heterocycles. The molecule has 0 saturated heterocycles. The molecule has 1 amide bonds. The predicted octanol–water partition coefficient (Wildman–Crippen LogP) is 2.84. The van der Waals surface area contributed by atoms with E-state index < -0.39 is 6.04 Å². The number of amides is 1. The normalized spacial score (nSPS) is 12.0. The van der Waals surface area contributed by atoms with Gasteiger partial charge >= 0.3 is 0 Å². The van der Waals surface area contributed by atoms with Gasteiger partial charge in [-0.3, -0.25) is 4.79 Å². The largest absolute Gasteiger partial charge is 0.496 e. The van der Waals surface area contributed by atoms with Crippen molar-refractivity contribution in [3.63, 3.8) is 0 Å². The number of thioether (sulfide) groups is 1. The van der Waals surface area contributed by atoms with Crippen LogP contribution in [0.1, 0.15) is 6.42 Å². The average molecular weight is 337 g/mol. The Labute approximate surface area is 138 Å². The summed E-state index contributed by atoms with van der Waals surface area (Å²) in [7, 11) is 1.62. The third-order valence-electron chi connectivity index (χ3n) is 3.09. The van der Waals surface area contributed by atoms with Crippen LogP contribution >= 0.6 is 23.1 Å². The molecule has 0 bridgehead atoms. The molecule has 2 aromatic rings. The first kappa shape index (κ1) is 16.8. The molecule has 2 rings (SSSR count). The van der Waals surface area contributed by atoms with Gasteiger partial charge in [0.2, 0.25) is 5.91 Å². The van der Waals surface area contributed by atoms with E-state index in [1.165, 1.54) is 11.3 Å². The van der Waals surface area contributed by atoms with E-state index in [1.54, 1.807) is 18.9 Å². The summed E-state index contributed by atoms with van der Waals surface area (Å²) in [6, 6.07) is 7.14. The number of nitrogens with zero attached hydrogens (tertiary/aromatic N) is 1. The van der Waals surface area contributed by atoms with Crippen molar-refractivity contribution in [3.05, 3.63) is 29.6 Å². The molecule has 3 N–H and O–H groups in total. The lowest BCUT2D eigenvalue weighted by molar-refractivity contribution is -0.117. The number of ether oxygens (including phenoxy) is 1. The second kappa shape index (κ2) is 8.17. The number of hydrogen-bond acceptors (Lipinski definition) is 6. The van der Waals surface area contributed by atoms with Crippen molar-refractivity contribution in [1.82, 2.24) is 4.98 Å². The van der Waals surface area contributed by atoms with Crippen LogP contribution < -0.4 is 15.8 Å². The van der Waals surface area contributed by atoms with Crippen LogP contribution in [0.5, 0.6) is 5.75 Å². The summed E-state index contributed by atoms with van der Waals surface area (Å²) in [6.07, 6.45) is 2.64. The quantitative estimate of drug-likeness (QED) is 0.812. The van der Waals surface area contributed by atoms with Crippen molar-refractivity contribution in [1.29, 1.82) is 0 Å². The van der Waals surface area contributed by atoms with Crippen molar-refractivity contribution in [3.8, 4) is 17.0 Å². The average Bonchev–Trinajstić information content (AvgIpc) is 3.00. The van der Waals surface area contributed by atoms with Crippen LogP contribution in [0.3, 0.4) is 0 Å².